The van der Waals surface area contributed by atoms with Crippen molar-refractivity contribution in [1.82, 2.24) is 16.0 Å². The minimum atomic E-state index is -1.60. The summed E-state index contributed by atoms with van der Waals surface area (Å²) in [5.41, 5.74) is 17.0. The Kier molecular flexibility index (Phi) is 13.9. The van der Waals surface area contributed by atoms with E-state index in [-0.39, 0.29) is 31.8 Å². The van der Waals surface area contributed by atoms with E-state index in [2.05, 4.69) is 20.9 Å². The van der Waals surface area contributed by atoms with Crippen molar-refractivity contribution in [3.8, 4) is 0 Å². The van der Waals surface area contributed by atoms with Crippen LogP contribution in [0.25, 0.3) is 0 Å². The van der Waals surface area contributed by atoms with Gasteiger partial charge in [0.1, 0.15) is 18.1 Å². The molecule has 0 saturated carbocycles. The van der Waals surface area contributed by atoms with Crippen LogP contribution in [0.1, 0.15) is 38.2 Å². The van der Waals surface area contributed by atoms with Gasteiger partial charge in [0, 0.05) is 19.4 Å². The molecule has 0 aromatic heterocycles. The number of aliphatic imine (C=N–C) groups is 1. The van der Waals surface area contributed by atoms with Crippen molar-refractivity contribution in [2.45, 2.75) is 69.3 Å². The number of guanidine groups is 1. The van der Waals surface area contributed by atoms with Crippen LogP contribution < -0.4 is 33.2 Å². The van der Waals surface area contributed by atoms with Crippen molar-refractivity contribution < 1.29 is 39.3 Å². The first-order chi connectivity index (χ1) is 18.3. The number of aliphatic carboxylic acids is 2. The molecule has 216 valence electrons. The largest absolute Gasteiger partial charge is 0.481 e. The third kappa shape index (κ3) is 12.7. The van der Waals surface area contributed by atoms with Crippen molar-refractivity contribution in [3.63, 3.8) is 0 Å². The Hall–Kier alpha value is -4.24. The highest BCUT2D eigenvalue weighted by atomic mass is 16.4. The summed E-state index contributed by atoms with van der Waals surface area (Å²) in [5, 5.41) is 35.7. The Balaban J connectivity index is 2.93. The van der Waals surface area contributed by atoms with Gasteiger partial charge >= 0.3 is 11.9 Å². The molecule has 0 aliphatic heterocycles. The molecule has 5 atom stereocenters. The summed E-state index contributed by atoms with van der Waals surface area (Å²) in [5.74, 6) is -5.39. The summed E-state index contributed by atoms with van der Waals surface area (Å²) in [4.78, 5) is 64.9. The average molecular weight is 552 g/mol. The van der Waals surface area contributed by atoms with Gasteiger partial charge in [0.2, 0.25) is 17.7 Å². The molecular formula is C24H37N7O8. The summed E-state index contributed by atoms with van der Waals surface area (Å²) in [6.45, 7) is 1.42. The van der Waals surface area contributed by atoms with E-state index in [1.807, 2.05) is 0 Å². The molecule has 0 aliphatic rings. The van der Waals surface area contributed by atoms with Crippen molar-refractivity contribution >= 4 is 35.6 Å². The fourth-order valence-corrected chi connectivity index (χ4v) is 3.44. The highest BCUT2D eigenvalue weighted by molar-refractivity contribution is 5.94. The molecule has 1 aromatic rings. The molecule has 15 nitrogen and oxygen atoms in total. The lowest BCUT2D eigenvalue weighted by molar-refractivity contribution is -0.143. The fraction of sp³-hybridized carbons (Fsp3) is 0.500. The number of hydrogen-bond acceptors (Lipinski definition) is 8. The van der Waals surface area contributed by atoms with Crippen molar-refractivity contribution in [1.29, 1.82) is 0 Å². The van der Waals surface area contributed by atoms with Crippen molar-refractivity contribution in [2.75, 3.05) is 6.54 Å². The lowest BCUT2D eigenvalue weighted by atomic mass is 10.0. The second-order valence-electron chi connectivity index (χ2n) is 8.86. The van der Waals surface area contributed by atoms with E-state index in [0.717, 1.165) is 0 Å². The summed E-state index contributed by atoms with van der Waals surface area (Å²) in [7, 11) is 0. The molecule has 0 heterocycles. The van der Waals surface area contributed by atoms with E-state index in [4.69, 9.17) is 22.3 Å². The normalized spacial score (nSPS) is 14.5. The molecular weight excluding hydrogens is 514 g/mol. The van der Waals surface area contributed by atoms with Crippen LogP contribution in [0.5, 0.6) is 0 Å². The third-order valence-electron chi connectivity index (χ3n) is 5.54. The molecule has 0 spiro atoms. The van der Waals surface area contributed by atoms with E-state index in [9.17, 15) is 34.2 Å². The van der Waals surface area contributed by atoms with Gasteiger partial charge < -0.3 is 48.5 Å². The maximum Gasteiger partial charge on any atom is 0.326 e. The van der Waals surface area contributed by atoms with Crippen LogP contribution in [0.15, 0.2) is 35.3 Å². The number of carbonyl (C=O) groups excluding carboxylic acids is 3. The number of carboxylic acids is 2. The number of carboxylic acid groups (broad SMARTS) is 2. The Morgan fingerprint density at radius 1 is 0.897 bits per heavy atom. The summed E-state index contributed by atoms with van der Waals surface area (Å²) in [6, 6.07) is 3.07. The number of hydrogen-bond donors (Lipinski definition) is 9. The molecule has 1 aromatic carbocycles. The lowest BCUT2D eigenvalue weighted by Gasteiger charge is -2.26. The number of nitrogens with zero attached hydrogens (tertiary/aromatic N) is 1. The molecule has 0 saturated heterocycles. The number of rotatable bonds is 17. The van der Waals surface area contributed by atoms with E-state index >= 15 is 0 Å². The molecule has 12 N–H and O–H groups in total. The zero-order valence-corrected chi connectivity index (χ0v) is 21.6. The first-order valence-electron chi connectivity index (χ1n) is 12.2. The van der Waals surface area contributed by atoms with Crippen LogP contribution in [0, 0.1) is 0 Å². The molecule has 39 heavy (non-hydrogen) atoms. The van der Waals surface area contributed by atoms with Crippen LogP contribution >= 0.6 is 0 Å². The van der Waals surface area contributed by atoms with Crippen LogP contribution in [0.4, 0.5) is 0 Å². The van der Waals surface area contributed by atoms with Crippen molar-refractivity contribution in [3.05, 3.63) is 35.9 Å². The minimum Gasteiger partial charge on any atom is -0.481 e. The quantitative estimate of drug-likeness (QED) is 0.0549. The maximum absolute atomic E-state index is 13.0. The first kappa shape index (κ1) is 32.8. The molecule has 0 aliphatic carbocycles. The average Bonchev–Trinajstić information content (AvgIpc) is 2.86. The second-order valence-corrected chi connectivity index (χ2v) is 8.86. The van der Waals surface area contributed by atoms with E-state index in [0.29, 0.717) is 12.0 Å². The maximum atomic E-state index is 13.0. The molecule has 15 heteroatoms. The number of amides is 3. The van der Waals surface area contributed by atoms with Crippen LogP contribution in [-0.2, 0) is 30.4 Å². The monoisotopic (exact) mass is 551 g/mol. The number of nitrogens with two attached hydrogens (primary N) is 3. The van der Waals surface area contributed by atoms with Gasteiger partial charge in [-0.3, -0.25) is 24.2 Å². The smallest absolute Gasteiger partial charge is 0.326 e. The number of nitrogens with one attached hydrogen (secondary N) is 3. The molecule has 0 fully saturated rings. The predicted molar refractivity (Wildman–Crippen MR) is 140 cm³/mol. The summed E-state index contributed by atoms with van der Waals surface area (Å²) in [6.07, 6.45) is -1.84. The van der Waals surface area contributed by atoms with Crippen LogP contribution in [0.2, 0.25) is 0 Å². The fourth-order valence-electron chi connectivity index (χ4n) is 3.44. The predicted octanol–water partition coefficient (Wildman–Crippen LogP) is -2.61. The molecule has 0 unspecified atom stereocenters. The standard InChI is InChI=1S/C24H37N7O8/c1-13(32)19(22(37)30-17(23(38)39)12-14-6-3-2-4-7-14)31-21(36)16(9-10-18(33)34)29-20(35)15(25)8-5-11-28-24(26)27/h2-4,6-7,13,15-17,19,32H,5,8-12,25H2,1H3,(H,29,35)(H,30,37)(H,31,36)(H,33,34)(H,38,39)(H4,26,27,28)/t13-,15+,16+,17+,19+/m1/s1. The van der Waals surface area contributed by atoms with Gasteiger partial charge in [-0.25, -0.2) is 4.79 Å². The summed E-state index contributed by atoms with van der Waals surface area (Å²) < 4.78 is 0. The zero-order valence-electron chi connectivity index (χ0n) is 21.6. The molecule has 3 amide bonds. The Morgan fingerprint density at radius 3 is 2.05 bits per heavy atom. The van der Waals surface area contributed by atoms with E-state index < -0.39 is 66.4 Å². The zero-order chi connectivity index (χ0) is 29.5. The second kappa shape index (κ2) is 16.6. The lowest BCUT2D eigenvalue weighted by Crippen LogP contribution is -2.60. The van der Waals surface area contributed by atoms with Gasteiger partial charge in [-0.2, -0.15) is 0 Å². The summed E-state index contributed by atoms with van der Waals surface area (Å²) >= 11 is 0. The highest BCUT2D eigenvalue weighted by Gasteiger charge is 2.33. The van der Waals surface area contributed by atoms with Crippen molar-refractivity contribution in [2.24, 2.45) is 22.2 Å². The van der Waals surface area contributed by atoms with Crippen LogP contribution in [-0.4, -0.2) is 87.8 Å². The van der Waals surface area contributed by atoms with Gasteiger partial charge in [-0.1, -0.05) is 30.3 Å². The van der Waals surface area contributed by atoms with Gasteiger partial charge in [-0.15, -0.1) is 0 Å². The van der Waals surface area contributed by atoms with Gasteiger partial charge in [0.25, 0.3) is 0 Å². The van der Waals surface area contributed by atoms with Gasteiger partial charge in [-0.05, 0) is 31.7 Å². The SMILES string of the molecule is C[C@@H](O)[C@H](NC(=O)[C@H](CCC(=O)O)NC(=O)[C@@H](N)CCCN=C(N)N)C(=O)N[C@@H](Cc1ccccc1)C(=O)O. The Labute approximate surface area is 225 Å². The Bertz CT molecular complexity index is 1010. The third-order valence-corrected chi connectivity index (χ3v) is 5.54. The van der Waals surface area contributed by atoms with Gasteiger partial charge in [0.05, 0.1) is 12.1 Å². The highest BCUT2D eigenvalue weighted by Crippen LogP contribution is 2.07. The minimum absolute atomic E-state index is 0.0548. The topological polar surface area (TPSA) is 273 Å². The van der Waals surface area contributed by atoms with Gasteiger partial charge in [0.15, 0.2) is 5.96 Å². The molecule has 0 bridgehead atoms. The van der Waals surface area contributed by atoms with Crippen LogP contribution in [0.3, 0.4) is 0 Å². The Morgan fingerprint density at radius 2 is 1.51 bits per heavy atom. The number of aliphatic hydroxyl groups is 1. The number of benzene rings is 1. The number of carbonyl (C=O) groups is 5. The number of aliphatic hydroxyl groups excluding tert-OH is 1. The molecule has 0 radical (unpaired) electrons. The first-order valence-corrected chi connectivity index (χ1v) is 12.2. The van der Waals surface area contributed by atoms with E-state index in [1.54, 1.807) is 30.3 Å². The molecule has 1 rings (SSSR count). The van der Waals surface area contributed by atoms with E-state index in [1.165, 1.54) is 6.92 Å².